The summed E-state index contributed by atoms with van der Waals surface area (Å²) in [6.07, 6.45) is 0.970. The van der Waals surface area contributed by atoms with Crippen LogP contribution in [0.25, 0.3) is 0 Å². The maximum absolute atomic E-state index is 12.0. The molecule has 0 radical (unpaired) electrons. The molecule has 4 unspecified atom stereocenters. The van der Waals surface area contributed by atoms with Gasteiger partial charge < -0.3 is 5.11 Å². The van der Waals surface area contributed by atoms with Crippen molar-refractivity contribution in [2.24, 2.45) is 0 Å². The minimum absolute atomic E-state index is 0.0805. The highest BCUT2D eigenvalue weighted by molar-refractivity contribution is 7.85. The minimum atomic E-state index is -1.12. The van der Waals surface area contributed by atoms with Crippen molar-refractivity contribution < 1.29 is 14.1 Å². The Labute approximate surface area is 115 Å². The molecule has 2 rings (SSSR count). The van der Waals surface area contributed by atoms with E-state index in [1.54, 1.807) is 0 Å². The molecule has 1 saturated heterocycles. The fourth-order valence-electron chi connectivity index (χ4n) is 2.34. The number of carbonyl (C=O) groups is 1. The molecule has 1 fully saturated rings. The van der Waals surface area contributed by atoms with Crippen molar-refractivity contribution in [3.05, 3.63) is 35.4 Å². The lowest BCUT2D eigenvalue weighted by Crippen LogP contribution is -2.52. The summed E-state index contributed by atoms with van der Waals surface area (Å²) in [5.74, 6) is -0.754. The molecule has 0 aliphatic carbocycles. The van der Waals surface area contributed by atoms with Crippen LogP contribution in [0.2, 0.25) is 0 Å². The Morgan fingerprint density at radius 1 is 1.42 bits per heavy atom. The molecule has 104 valence electrons. The van der Waals surface area contributed by atoms with Crippen molar-refractivity contribution in [3.8, 4) is 0 Å². The molecule has 0 bridgehead atoms. The first-order valence-electron chi connectivity index (χ1n) is 6.47. The van der Waals surface area contributed by atoms with Gasteiger partial charge in [0.2, 0.25) is 0 Å². The summed E-state index contributed by atoms with van der Waals surface area (Å²) in [5, 5.41) is 12.1. The molecule has 1 aliphatic heterocycles. The minimum Gasteiger partial charge on any atom is -0.480 e. The van der Waals surface area contributed by atoms with E-state index in [0.29, 0.717) is 0 Å². The molecule has 2 N–H and O–H groups in total. The van der Waals surface area contributed by atoms with Crippen molar-refractivity contribution >= 4 is 16.8 Å². The highest BCUT2D eigenvalue weighted by Crippen LogP contribution is 2.26. The van der Waals surface area contributed by atoms with E-state index in [-0.39, 0.29) is 17.0 Å². The average molecular weight is 281 g/mol. The van der Waals surface area contributed by atoms with Gasteiger partial charge >= 0.3 is 5.97 Å². The molecule has 1 heterocycles. The Morgan fingerprint density at radius 3 is 2.58 bits per heavy atom. The second-order valence-electron chi connectivity index (χ2n) is 4.88. The third-order valence-corrected chi connectivity index (χ3v) is 5.40. The van der Waals surface area contributed by atoms with Crippen LogP contribution in [0.3, 0.4) is 0 Å². The number of carboxylic acid groups (broad SMARTS) is 1. The van der Waals surface area contributed by atoms with Gasteiger partial charge in [-0.1, -0.05) is 31.2 Å². The Kier molecular flexibility index (Phi) is 4.37. The largest absolute Gasteiger partial charge is 0.480 e. The number of carboxylic acids is 1. The van der Waals surface area contributed by atoms with Crippen molar-refractivity contribution in [3.63, 3.8) is 0 Å². The zero-order valence-corrected chi connectivity index (χ0v) is 11.9. The zero-order chi connectivity index (χ0) is 14.0. The number of hydrogen-bond acceptors (Lipinski definition) is 3. The van der Waals surface area contributed by atoms with Gasteiger partial charge in [0.05, 0.1) is 5.25 Å². The molecule has 1 aliphatic rings. The maximum atomic E-state index is 12.0. The normalized spacial score (nSPS) is 31.1. The molecular formula is C14H19NO3S. The highest BCUT2D eigenvalue weighted by atomic mass is 32.2. The summed E-state index contributed by atoms with van der Waals surface area (Å²) in [6.45, 7) is 3.99. The number of benzene rings is 1. The first kappa shape index (κ1) is 14.2. The summed E-state index contributed by atoms with van der Waals surface area (Å²) in [4.78, 5) is 11.1. The van der Waals surface area contributed by atoms with Crippen molar-refractivity contribution in [2.45, 2.75) is 37.6 Å². The van der Waals surface area contributed by atoms with Crippen molar-refractivity contribution in [2.75, 3.05) is 5.75 Å². The number of aliphatic carboxylic acids is 1. The lowest BCUT2D eigenvalue weighted by atomic mass is 10.0. The highest BCUT2D eigenvalue weighted by Gasteiger charge is 2.36. The van der Waals surface area contributed by atoms with Crippen LogP contribution in [0.1, 0.15) is 31.0 Å². The Balaban J connectivity index is 2.24. The van der Waals surface area contributed by atoms with Crippen LogP contribution in [-0.4, -0.2) is 32.3 Å². The Morgan fingerprint density at radius 2 is 2.05 bits per heavy atom. The number of hydrogen-bond donors (Lipinski definition) is 2. The fourth-order valence-corrected chi connectivity index (χ4v) is 3.75. The summed E-state index contributed by atoms with van der Waals surface area (Å²) in [6, 6.07) is 7.17. The third kappa shape index (κ3) is 3.04. The van der Waals surface area contributed by atoms with Gasteiger partial charge in [0.25, 0.3) is 0 Å². The predicted molar refractivity (Wildman–Crippen MR) is 75.6 cm³/mol. The van der Waals surface area contributed by atoms with Crippen LogP contribution in [0, 0.1) is 0 Å². The fraction of sp³-hybridized carbons (Fsp3) is 0.500. The topological polar surface area (TPSA) is 66.4 Å². The lowest BCUT2D eigenvalue weighted by Gasteiger charge is -2.33. The monoisotopic (exact) mass is 281 g/mol. The molecule has 4 nitrogen and oxygen atoms in total. The summed E-state index contributed by atoms with van der Waals surface area (Å²) in [7, 11) is -1.12. The van der Waals surface area contributed by atoms with Gasteiger partial charge in [0, 0.05) is 22.6 Å². The van der Waals surface area contributed by atoms with Gasteiger partial charge in [-0.15, -0.1) is 0 Å². The van der Waals surface area contributed by atoms with Gasteiger partial charge in [0.15, 0.2) is 0 Å². The van der Waals surface area contributed by atoms with Gasteiger partial charge in [-0.3, -0.25) is 14.3 Å². The quantitative estimate of drug-likeness (QED) is 0.881. The van der Waals surface area contributed by atoms with Crippen LogP contribution < -0.4 is 5.32 Å². The molecule has 0 amide bonds. The van der Waals surface area contributed by atoms with Gasteiger partial charge in [-0.2, -0.15) is 0 Å². The first-order valence-corrected chi connectivity index (χ1v) is 7.86. The van der Waals surface area contributed by atoms with Crippen LogP contribution in [-0.2, 0) is 22.0 Å². The SMILES string of the molecule is CCc1ccc(C2NC(C(=O)O)CS(=O)C2C)cc1. The summed E-state index contributed by atoms with van der Waals surface area (Å²) in [5.41, 5.74) is 2.24. The van der Waals surface area contributed by atoms with Gasteiger partial charge in [0.1, 0.15) is 6.04 Å². The van der Waals surface area contributed by atoms with E-state index in [0.717, 1.165) is 12.0 Å². The van der Waals surface area contributed by atoms with Crippen LogP contribution in [0.5, 0.6) is 0 Å². The average Bonchev–Trinajstić information content (AvgIpc) is 2.41. The van der Waals surface area contributed by atoms with E-state index in [1.165, 1.54) is 5.56 Å². The number of rotatable bonds is 3. The second-order valence-corrected chi connectivity index (χ2v) is 6.72. The van der Waals surface area contributed by atoms with Crippen molar-refractivity contribution in [1.29, 1.82) is 0 Å². The molecule has 1 aromatic carbocycles. The van der Waals surface area contributed by atoms with E-state index in [2.05, 4.69) is 12.2 Å². The molecule has 0 saturated carbocycles. The molecule has 19 heavy (non-hydrogen) atoms. The molecule has 5 heteroatoms. The van der Waals surface area contributed by atoms with E-state index in [4.69, 9.17) is 5.11 Å². The van der Waals surface area contributed by atoms with Gasteiger partial charge in [-0.25, -0.2) is 0 Å². The molecule has 0 spiro atoms. The molecule has 0 aromatic heterocycles. The van der Waals surface area contributed by atoms with E-state index in [1.807, 2.05) is 31.2 Å². The maximum Gasteiger partial charge on any atom is 0.321 e. The summed E-state index contributed by atoms with van der Waals surface area (Å²) >= 11 is 0. The Hall–Kier alpha value is -1.20. The molecule has 4 atom stereocenters. The number of nitrogens with one attached hydrogen (secondary N) is 1. The first-order chi connectivity index (χ1) is 9.02. The zero-order valence-electron chi connectivity index (χ0n) is 11.1. The van der Waals surface area contributed by atoms with E-state index < -0.39 is 22.8 Å². The standard InChI is InChI=1S/C14H19NO3S/c1-3-10-4-6-11(7-5-10)13-9(2)19(18)8-12(15-13)14(16)17/h4-7,9,12-13,15H,3,8H2,1-2H3,(H,16,17). The van der Waals surface area contributed by atoms with E-state index >= 15 is 0 Å². The smallest absolute Gasteiger partial charge is 0.321 e. The van der Waals surface area contributed by atoms with Crippen LogP contribution in [0.15, 0.2) is 24.3 Å². The Bertz CT molecular complexity index is 486. The van der Waals surface area contributed by atoms with E-state index in [9.17, 15) is 9.00 Å². The van der Waals surface area contributed by atoms with Crippen LogP contribution in [0.4, 0.5) is 0 Å². The molecule has 1 aromatic rings. The molecular weight excluding hydrogens is 262 g/mol. The lowest BCUT2D eigenvalue weighted by molar-refractivity contribution is -0.139. The van der Waals surface area contributed by atoms with Gasteiger partial charge in [-0.05, 0) is 24.5 Å². The van der Waals surface area contributed by atoms with Crippen molar-refractivity contribution in [1.82, 2.24) is 5.32 Å². The summed E-state index contributed by atoms with van der Waals surface area (Å²) < 4.78 is 12.0. The predicted octanol–water partition coefficient (Wildman–Crippen LogP) is 1.48. The number of aryl methyl sites for hydroxylation is 1. The van der Waals surface area contributed by atoms with Crippen LogP contribution >= 0.6 is 0 Å². The third-order valence-electron chi connectivity index (χ3n) is 3.64. The second kappa shape index (κ2) is 5.84.